The average Bonchev–Trinajstić information content (AvgIpc) is 2.70. The minimum Gasteiger partial charge on any atom is -0.385 e. The highest BCUT2D eigenvalue weighted by Crippen LogP contribution is 2.43. The van der Waals surface area contributed by atoms with E-state index >= 15 is 0 Å². The van der Waals surface area contributed by atoms with E-state index in [1.807, 2.05) is 7.11 Å². The fourth-order valence-corrected chi connectivity index (χ4v) is 10.9. The number of ether oxygens (including phenoxy) is 1. The van der Waals surface area contributed by atoms with Gasteiger partial charge in [-0.2, -0.15) is 0 Å². The predicted molar refractivity (Wildman–Crippen MR) is 111 cm³/mol. The van der Waals surface area contributed by atoms with Crippen molar-refractivity contribution in [2.75, 3.05) is 13.7 Å². The Balaban J connectivity index is 1.60. The minimum atomic E-state index is -1.27. The van der Waals surface area contributed by atoms with Gasteiger partial charge in [0.1, 0.15) is 0 Å². The average molecular weight is 359 g/mol. The Morgan fingerprint density at radius 2 is 1.52 bits per heavy atom. The molecule has 1 saturated heterocycles. The van der Waals surface area contributed by atoms with Crippen molar-refractivity contribution in [3.05, 3.63) is 30.3 Å². The van der Waals surface area contributed by atoms with Gasteiger partial charge in [-0.3, -0.25) is 0 Å². The second kappa shape index (κ2) is 9.92. The number of unbranched alkanes of at least 4 members (excludes halogenated alkanes) is 2. The number of rotatable bonds is 8. The van der Waals surface area contributed by atoms with Crippen molar-refractivity contribution in [3.63, 3.8) is 0 Å². The summed E-state index contributed by atoms with van der Waals surface area (Å²) in [5.41, 5.74) is 0. The lowest BCUT2D eigenvalue weighted by atomic mass is 9.77. The molecule has 2 fully saturated rings. The number of methoxy groups -OCH3 is 1. The first-order valence-corrected chi connectivity index (χ1v) is 13.5. The Labute approximate surface area is 156 Å². The molecule has 0 spiro atoms. The van der Waals surface area contributed by atoms with Crippen molar-refractivity contribution in [2.45, 2.75) is 82.3 Å². The van der Waals surface area contributed by atoms with E-state index in [1.165, 1.54) is 70.3 Å². The molecule has 1 aromatic rings. The van der Waals surface area contributed by atoms with E-state index in [-0.39, 0.29) is 0 Å². The first-order valence-electron chi connectivity index (χ1n) is 10.9. The molecule has 25 heavy (non-hydrogen) atoms. The lowest BCUT2D eigenvalue weighted by Crippen LogP contribution is -2.50. The normalized spacial score (nSPS) is 28.1. The second-order valence-corrected chi connectivity index (χ2v) is 13.3. The second-order valence-electron chi connectivity index (χ2n) is 8.69. The van der Waals surface area contributed by atoms with Crippen molar-refractivity contribution < 1.29 is 4.74 Å². The first kappa shape index (κ1) is 19.2. The number of hydrogen-bond donors (Lipinski definition) is 0. The molecule has 0 bridgehead atoms. The van der Waals surface area contributed by atoms with Crippen LogP contribution in [0.5, 0.6) is 0 Å². The summed E-state index contributed by atoms with van der Waals surface area (Å²) in [5.74, 6) is 2.12. The number of benzene rings is 1. The third-order valence-electron chi connectivity index (χ3n) is 7.19. The Hall–Kier alpha value is -0.603. The first-order chi connectivity index (χ1) is 12.3. The summed E-state index contributed by atoms with van der Waals surface area (Å²) in [6.45, 7) is 0.934. The summed E-state index contributed by atoms with van der Waals surface area (Å²) in [6.07, 6.45) is 14.6. The summed E-state index contributed by atoms with van der Waals surface area (Å²) in [5, 5.41) is 1.75. The van der Waals surface area contributed by atoms with E-state index < -0.39 is 8.07 Å². The molecule has 0 N–H and O–H groups in total. The molecule has 3 rings (SSSR count). The van der Waals surface area contributed by atoms with Crippen LogP contribution in [-0.4, -0.2) is 21.8 Å². The van der Waals surface area contributed by atoms with Crippen molar-refractivity contribution in [3.8, 4) is 0 Å². The van der Waals surface area contributed by atoms with Crippen molar-refractivity contribution in [1.29, 1.82) is 0 Å². The highest BCUT2D eigenvalue weighted by Gasteiger charge is 2.40. The van der Waals surface area contributed by atoms with E-state index in [2.05, 4.69) is 30.3 Å². The van der Waals surface area contributed by atoms with E-state index in [4.69, 9.17) is 4.74 Å². The molecule has 1 aromatic carbocycles. The minimum absolute atomic E-state index is 0.934. The van der Waals surface area contributed by atoms with Crippen LogP contribution in [0.25, 0.3) is 0 Å². The molecule has 1 aliphatic carbocycles. The lowest BCUT2D eigenvalue weighted by Gasteiger charge is -2.42. The summed E-state index contributed by atoms with van der Waals surface area (Å²) < 4.78 is 5.24. The van der Waals surface area contributed by atoms with E-state index in [9.17, 15) is 0 Å². The molecular formula is C23H38OSi. The van der Waals surface area contributed by atoms with Crippen molar-refractivity contribution in [1.82, 2.24) is 0 Å². The summed E-state index contributed by atoms with van der Waals surface area (Å²) in [4.78, 5) is 0. The third-order valence-corrected chi connectivity index (χ3v) is 12.6. The SMILES string of the molecule is COCCCCC[Si]1(c2ccccc2)CCC(C2CCCCC2)CC1. The Bertz CT molecular complexity index is 472. The van der Waals surface area contributed by atoms with Gasteiger partial charge in [-0.05, 0) is 18.3 Å². The summed E-state index contributed by atoms with van der Waals surface area (Å²) in [7, 11) is 0.561. The highest BCUT2D eigenvalue weighted by atomic mass is 28.3. The van der Waals surface area contributed by atoms with Gasteiger partial charge in [0, 0.05) is 13.7 Å². The Kier molecular flexibility index (Phi) is 7.61. The van der Waals surface area contributed by atoms with Crippen LogP contribution in [0.4, 0.5) is 0 Å². The van der Waals surface area contributed by atoms with Crippen LogP contribution >= 0.6 is 0 Å². The zero-order valence-corrected chi connectivity index (χ0v) is 17.3. The molecule has 0 radical (unpaired) electrons. The highest BCUT2D eigenvalue weighted by molar-refractivity contribution is 6.92. The van der Waals surface area contributed by atoms with Crippen LogP contribution in [0.15, 0.2) is 30.3 Å². The van der Waals surface area contributed by atoms with Gasteiger partial charge in [-0.15, -0.1) is 0 Å². The van der Waals surface area contributed by atoms with Gasteiger partial charge in [0.15, 0.2) is 0 Å². The molecule has 1 aliphatic heterocycles. The molecule has 2 aliphatic rings. The van der Waals surface area contributed by atoms with Crippen LogP contribution in [0, 0.1) is 11.8 Å². The van der Waals surface area contributed by atoms with Crippen molar-refractivity contribution >= 4 is 13.3 Å². The zero-order chi connectivity index (χ0) is 17.4. The topological polar surface area (TPSA) is 9.23 Å². The maximum absolute atomic E-state index is 5.24. The predicted octanol–water partition coefficient (Wildman–Crippen LogP) is 6.15. The third kappa shape index (κ3) is 5.20. The Morgan fingerprint density at radius 3 is 2.20 bits per heavy atom. The molecule has 0 unspecified atom stereocenters. The fraction of sp³-hybridized carbons (Fsp3) is 0.739. The maximum Gasteiger partial charge on any atom is 0.0867 e. The molecule has 1 nitrogen and oxygen atoms in total. The van der Waals surface area contributed by atoms with Gasteiger partial charge in [-0.1, -0.05) is 111 Å². The molecular weight excluding hydrogens is 320 g/mol. The molecule has 0 atom stereocenters. The van der Waals surface area contributed by atoms with Crippen LogP contribution in [0.2, 0.25) is 18.1 Å². The van der Waals surface area contributed by atoms with Gasteiger partial charge < -0.3 is 4.74 Å². The lowest BCUT2D eigenvalue weighted by molar-refractivity contribution is 0.192. The van der Waals surface area contributed by atoms with Crippen molar-refractivity contribution in [2.24, 2.45) is 11.8 Å². The summed E-state index contributed by atoms with van der Waals surface area (Å²) in [6, 6.07) is 16.3. The largest absolute Gasteiger partial charge is 0.385 e. The van der Waals surface area contributed by atoms with E-state index in [1.54, 1.807) is 17.3 Å². The van der Waals surface area contributed by atoms with Gasteiger partial charge in [0.05, 0.1) is 8.07 Å². The molecule has 1 saturated carbocycles. The fourth-order valence-electron chi connectivity index (χ4n) is 5.63. The van der Waals surface area contributed by atoms with Gasteiger partial charge in [0.2, 0.25) is 0 Å². The van der Waals surface area contributed by atoms with Gasteiger partial charge >= 0.3 is 0 Å². The smallest absolute Gasteiger partial charge is 0.0867 e. The monoisotopic (exact) mass is 358 g/mol. The molecule has 0 aromatic heterocycles. The maximum atomic E-state index is 5.24. The van der Waals surface area contributed by atoms with Crippen LogP contribution in [0.1, 0.15) is 64.2 Å². The molecule has 0 amide bonds. The molecule has 2 heteroatoms. The molecule has 1 heterocycles. The summed E-state index contributed by atoms with van der Waals surface area (Å²) >= 11 is 0. The van der Waals surface area contributed by atoms with Crippen LogP contribution in [-0.2, 0) is 4.74 Å². The van der Waals surface area contributed by atoms with E-state index in [0.29, 0.717) is 0 Å². The standard InChI is InChI=1S/C23H38OSi/c1-24-17-9-4-10-18-25(23-13-7-3-8-14-23)19-15-22(16-20-25)21-11-5-2-6-12-21/h3,7-8,13-14,21-22H,2,4-6,9-12,15-20H2,1H3. The Morgan fingerprint density at radius 1 is 0.840 bits per heavy atom. The quantitative estimate of drug-likeness (QED) is 0.400. The van der Waals surface area contributed by atoms with Gasteiger partial charge in [0.25, 0.3) is 0 Å². The zero-order valence-electron chi connectivity index (χ0n) is 16.3. The van der Waals surface area contributed by atoms with Crippen LogP contribution < -0.4 is 5.19 Å². The molecule has 140 valence electrons. The van der Waals surface area contributed by atoms with Gasteiger partial charge in [-0.25, -0.2) is 0 Å². The van der Waals surface area contributed by atoms with Crippen LogP contribution in [0.3, 0.4) is 0 Å². The van der Waals surface area contributed by atoms with E-state index in [0.717, 1.165) is 18.4 Å². The number of hydrogen-bond acceptors (Lipinski definition) is 1.